The van der Waals surface area contributed by atoms with E-state index in [4.69, 9.17) is 9.72 Å². The van der Waals surface area contributed by atoms with Crippen LogP contribution >= 0.6 is 11.3 Å². The Morgan fingerprint density at radius 1 is 1.25 bits per heavy atom. The van der Waals surface area contributed by atoms with Gasteiger partial charge in [0, 0.05) is 24.3 Å². The zero-order valence-corrected chi connectivity index (χ0v) is 16.2. The molecule has 7 nitrogen and oxygen atoms in total. The minimum atomic E-state index is -0.160. The van der Waals surface area contributed by atoms with E-state index in [1.54, 1.807) is 29.7 Å². The summed E-state index contributed by atoms with van der Waals surface area (Å²) in [5.74, 6) is -0.160. The minimum Gasteiger partial charge on any atom is -0.399 e. The molecule has 0 unspecified atom stereocenters. The quantitative estimate of drug-likeness (QED) is 0.529. The molecule has 0 radical (unpaired) electrons. The molecule has 3 aromatic rings. The number of hydrogen-bond donors (Lipinski definition) is 1. The molecule has 1 aliphatic rings. The number of morpholine rings is 1. The van der Waals surface area contributed by atoms with Crippen LogP contribution in [-0.2, 0) is 9.57 Å². The summed E-state index contributed by atoms with van der Waals surface area (Å²) in [6.07, 6.45) is 1.59. The van der Waals surface area contributed by atoms with E-state index in [0.717, 1.165) is 52.9 Å². The van der Waals surface area contributed by atoms with Gasteiger partial charge in [0.05, 0.1) is 29.6 Å². The second-order valence-electron chi connectivity index (χ2n) is 6.27. The Balaban J connectivity index is 1.47. The van der Waals surface area contributed by atoms with Gasteiger partial charge in [0.15, 0.2) is 5.13 Å². The summed E-state index contributed by atoms with van der Waals surface area (Å²) in [7, 11) is 1.49. The molecule has 8 heteroatoms. The zero-order valence-electron chi connectivity index (χ0n) is 15.4. The van der Waals surface area contributed by atoms with Gasteiger partial charge in [-0.3, -0.25) is 4.79 Å². The predicted molar refractivity (Wildman–Crippen MR) is 112 cm³/mol. The fraction of sp³-hybridized carbons (Fsp3) is 0.250. The van der Waals surface area contributed by atoms with Gasteiger partial charge < -0.3 is 19.8 Å². The first kappa shape index (κ1) is 18.4. The third-order valence-electron chi connectivity index (χ3n) is 4.40. The van der Waals surface area contributed by atoms with E-state index in [1.165, 1.54) is 7.11 Å². The SMILES string of the molecule is CO/N=C/c1ccc(C(=O)Nc2ccc3nc(N4CCOCC4)sc3c2)cc1. The highest BCUT2D eigenvalue weighted by Crippen LogP contribution is 2.31. The number of nitrogens with one attached hydrogen (secondary N) is 1. The molecule has 1 aliphatic heterocycles. The van der Waals surface area contributed by atoms with Crippen molar-refractivity contribution in [3.05, 3.63) is 53.6 Å². The average Bonchev–Trinajstić information content (AvgIpc) is 3.17. The second kappa shape index (κ2) is 8.37. The van der Waals surface area contributed by atoms with Gasteiger partial charge in [0.25, 0.3) is 5.91 Å². The fourth-order valence-corrected chi connectivity index (χ4v) is 3.97. The van der Waals surface area contributed by atoms with Gasteiger partial charge in [-0.2, -0.15) is 0 Å². The van der Waals surface area contributed by atoms with Crippen molar-refractivity contribution in [3.8, 4) is 0 Å². The van der Waals surface area contributed by atoms with Crippen LogP contribution < -0.4 is 10.2 Å². The van der Waals surface area contributed by atoms with E-state index in [2.05, 4.69) is 20.2 Å². The van der Waals surface area contributed by atoms with Crippen molar-refractivity contribution >= 4 is 44.5 Å². The topological polar surface area (TPSA) is 76.0 Å². The van der Waals surface area contributed by atoms with Crippen molar-refractivity contribution in [3.63, 3.8) is 0 Å². The van der Waals surface area contributed by atoms with Crippen molar-refractivity contribution in [1.82, 2.24) is 4.98 Å². The Kier molecular flexibility index (Phi) is 5.50. The molecule has 0 spiro atoms. The predicted octanol–water partition coefficient (Wildman–Crippen LogP) is 3.37. The van der Waals surface area contributed by atoms with Crippen molar-refractivity contribution in [2.24, 2.45) is 5.16 Å². The third-order valence-corrected chi connectivity index (χ3v) is 5.48. The van der Waals surface area contributed by atoms with Gasteiger partial charge >= 0.3 is 0 Å². The maximum Gasteiger partial charge on any atom is 0.255 e. The fourth-order valence-electron chi connectivity index (χ4n) is 2.92. The molecule has 2 aromatic carbocycles. The molecule has 1 saturated heterocycles. The molecule has 1 amide bonds. The van der Waals surface area contributed by atoms with Crippen LogP contribution in [0.3, 0.4) is 0 Å². The minimum absolute atomic E-state index is 0.160. The van der Waals surface area contributed by atoms with Gasteiger partial charge in [0.2, 0.25) is 0 Å². The van der Waals surface area contributed by atoms with E-state index < -0.39 is 0 Å². The number of rotatable bonds is 5. The van der Waals surface area contributed by atoms with Crippen LogP contribution in [0.1, 0.15) is 15.9 Å². The standard InChI is InChI=1S/C20H20N4O3S/c1-26-21-13-14-2-4-15(5-3-14)19(25)22-16-6-7-17-18(12-16)28-20(23-17)24-8-10-27-11-9-24/h2-7,12-13H,8-11H2,1H3,(H,22,25)/b21-13+. The van der Waals surface area contributed by atoms with Gasteiger partial charge in [-0.25, -0.2) is 4.98 Å². The van der Waals surface area contributed by atoms with Crippen molar-refractivity contribution in [2.75, 3.05) is 43.6 Å². The van der Waals surface area contributed by atoms with E-state index in [0.29, 0.717) is 5.56 Å². The summed E-state index contributed by atoms with van der Waals surface area (Å²) < 4.78 is 6.45. The Morgan fingerprint density at radius 3 is 2.79 bits per heavy atom. The molecule has 4 rings (SSSR count). The van der Waals surface area contributed by atoms with Crippen molar-refractivity contribution < 1.29 is 14.4 Å². The number of nitrogens with zero attached hydrogens (tertiary/aromatic N) is 3. The first-order chi connectivity index (χ1) is 13.7. The molecule has 1 fully saturated rings. The van der Waals surface area contributed by atoms with Gasteiger partial charge in [-0.1, -0.05) is 28.6 Å². The van der Waals surface area contributed by atoms with E-state index in [-0.39, 0.29) is 5.91 Å². The lowest BCUT2D eigenvalue weighted by molar-refractivity contribution is 0.102. The molecule has 0 bridgehead atoms. The summed E-state index contributed by atoms with van der Waals surface area (Å²) >= 11 is 1.63. The van der Waals surface area contributed by atoms with Crippen LogP contribution in [0, 0.1) is 0 Å². The Labute approximate surface area is 166 Å². The van der Waals surface area contributed by atoms with Gasteiger partial charge in [-0.05, 0) is 35.9 Å². The average molecular weight is 396 g/mol. The lowest BCUT2D eigenvalue weighted by Gasteiger charge is -2.25. The number of thiazole rings is 1. The number of amides is 1. The number of oxime groups is 1. The lowest BCUT2D eigenvalue weighted by Crippen LogP contribution is -2.36. The van der Waals surface area contributed by atoms with Crippen LogP contribution in [0.2, 0.25) is 0 Å². The number of ether oxygens (including phenoxy) is 1. The summed E-state index contributed by atoms with van der Waals surface area (Å²) in [6.45, 7) is 3.17. The highest BCUT2D eigenvalue weighted by Gasteiger charge is 2.16. The summed E-state index contributed by atoms with van der Waals surface area (Å²) in [5.41, 5.74) is 3.12. The Morgan fingerprint density at radius 2 is 2.04 bits per heavy atom. The van der Waals surface area contributed by atoms with Gasteiger partial charge in [-0.15, -0.1) is 0 Å². The maximum atomic E-state index is 12.5. The molecule has 144 valence electrons. The molecule has 1 aromatic heterocycles. The van der Waals surface area contributed by atoms with Gasteiger partial charge in [0.1, 0.15) is 7.11 Å². The number of fused-ring (bicyclic) bond motifs is 1. The Hall–Kier alpha value is -2.97. The van der Waals surface area contributed by atoms with Crippen molar-refractivity contribution in [2.45, 2.75) is 0 Å². The number of benzene rings is 2. The third kappa shape index (κ3) is 4.13. The zero-order chi connectivity index (χ0) is 19.3. The molecule has 0 aliphatic carbocycles. The first-order valence-electron chi connectivity index (χ1n) is 8.94. The Bertz CT molecular complexity index is 994. The van der Waals surface area contributed by atoms with Crippen molar-refractivity contribution in [1.29, 1.82) is 0 Å². The number of hydrogen-bond acceptors (Lipinski definition) is 7. The van der Waals surface area contributed by atoms with Crippen LogP contribution in [0.25, 0.3) is 10.2 Å². The van der Waals surface area contributed by atoms with Crippen LogP contribution in [0.5, 0.6) is 0 Å². The number of carbonyl (C=O) groups is 1. The lowest BCUT2D eigenvalue weighted by atomic mass is 10.1. The van der Waals surface area contributed by atoms with E-state index >= 15 is 0 Å². The van der Waals surface area contributed by atoms with Crippen LogP contribution in [0.15, 0.2) is 47.6 Å². The van der Waals surface area contributed by atoms with E-state index in [9.17, 15) is 4.79 Å². The van der Waals surface area contributed by atoms with E-state index in [1.807, 2.05) is 30.3 Å². The second-order valence-corrected chi connectivity index (χ2v) is 7.28. The number of aromatic nitrogens is 1. The smallest absolute Gasteiger partial charge is 0.255 e. The largest absolute Gasteiger partial charge is 0.399 e. The molecular formula is C20H20N4O3S. The molecule has 2 heterocycles. The summed E-state index contributed by atoms with van der Waals surface area (Å²) in [6, 6.07) is 12.9. The molecule has 1 N–H and O–H groups in total. The molecular weight excluding hydrogens is 376 g/mol. The highest BCUT2D eigenvalue weighted by molar-refractivity contribution is 7.22. The monoisotopic (exact) mass is 396 g/mol. The number of carbonyl (C=O) groups excluding carboxylic acids is 1. The molecule has 0 atom stereocenters. The normalized spacial score (nSPS) is 14.5. The van der Waals surface area contributed by atoms with Crippen LogP contribution in [-0.4, -0.2) is 50.5 Å². The maximum absolute atomic E-state index is 12.5. The van der Waals surface area contributed by atoms with Crippen LogP contribution in [0.4, 0.5) is 10.8 Å². The number of anilines is 2. The molecule has 28 heavy (non-hydrogen) atoms. The first-order valence-corrected chi connectivity index (χ1v) is 9.76. The summed E-state index contributed by atoms with van der Waals surface area (Å²) in [4.78, 5) is 24.1. The highest BCUT2D eigenvalue weighted by atomic mass is 32.1. The molecule has 0 saturated carbocycles. The summed E-state index contributed by atoms with van der Waals surface area (Å²) in [5, 5.41) is 7.65.